The summed E-state index contributed by atoms with van der Waals surface area (Å²) in [7, 11) is 0. The van der Waals surface area contributed by atoms with Gasteiger partial charge in [-0.1, -0.05) is 30.3 Å². The molecule has 0 aromatic heterocycles. The van der Waals surface area contributed by atoms with Gasteiger partial charge in [-0.2, -0.15) is 0 Å². The molecule has 1 aliphatic heterocycles. The van der Waals surface area contributed by atoms with Crippen molar-refractivity contribution in [2.45, 2.75) is 25.9 Å². The highest BCUT2D eigenvalue weighted by atomic mass is 19.1. The van der Waals surface area contributed by atoms with Gasteiger partial charge in [0, 0.05) is 13.1 Å². The molecular weight excluding hydrogens is 310 g/mol. The van der Waals surface area contributed by atoms with E-state index in [1.807, 2.05) is 24.3 Å². The summed E-state index contributed by atoms with van der Waals surface area (Å²) in [6.07, 6.45) is 2.43. The van der Waals surface area contributed by atoms with E-state index in [1.165, 1.54) is 18.9 Å². The maximum absolute atomic E-state index is 13.7. The fraction of sp³-hybridized carbons (Fsp3) is 0.316. The number of likely N-dealkylation sites (tertiary alicyclic amines) is 1. The van der Waals surface area contributed by atoms with Crippen molar-refractivity contribution in [3.05, 3.63) is 70.8 Å². The van der Waals surface area contributed by atoms with E-state index in [2.05, 4.69) is 10.2 Å². The van der Waals surface area contributed by atoms with Crippen LogP contribution in [0.1, 0.15) is 34.3 Å². The van der Waals surface area contributed by atoms with E-state index in [9.17, 15) is 13.6 Å². The molecule has 2 aromatic rings. The van der Waals surface area contributed by atoms with Crippen molar-refractivity contribution < 1.29 is 13.6 Å². The van der Waals surface area contributed by atoms with Crippen molar-refractivity contribution >= 4 is 5.91 Å². The van der Waals surface area contributed by atoms with Crippen LogP contribution in [0.4, 0.5) is 8.78 Å². The lowest BCUT2D eigenvalue weighted by molar-refractivity contribution is 0.0942. The minimum atomic E-state index is -0.849. The van der Waals surface area contributed by atoms with Crippen molar-refractivity contribution in [1.29, 1.82) is 0 Å². The van der Waals surface area contributed by atoms with Crippen LogP contribution in [0.2, 0.25) is 0 Å². The van der Waals surface area contributed by atoms with Gasteiger partial charge in [0.25, 0.3) is 5.91 Å². The summed E-state index contributed by atoms with van der Waals surface area (Å²) in [4.78, 5) is 14.5. The Morgan fingerprint density at radius 2 is 1.58 bits per heavy atom. The second-order valence-electron chi connectivity index (χ2n) is 6.03. The Kier molecular flexibility index (Phi) is 5.20. The maximum atomic E-state index is 13.7. The van der Waals surface area contributed by atoms with Crippen LogP contribution in [-0.2, 0) is 13.1 Å². The number of nitrogens with zero attached hydrogens (tertiary/aromatic N) is 1. The van der Waals surface area contributed by atoms with E-state index in [0.29, 0.717) is 0 Å². The molecule has 3 nitrogen and oxygen atoms in total. The van der Waals surface area contributed by atoms with Crippen molar-refractivity contribution in [1.82, 2.24) is 10.2 Å². The molecule has 5 heteroatoms. The van der Waals surface area contributed by atoms with Crippen molar-refractivity contribution in [3.63, 3.8) is 0 Å². The first-order valence-corrected chi connectivity index (χ1v) is 8.16. The number of carbonyl (C=O) groups is 1. The predicted molar refractivity (Wildman–Crippen MR) is 88.5 cm³/mol. The Labute approximate surface area is 140 Å². The summed E-state index contributed by atoms with van der Waals surface area (Å²) < 4.78 is 27.3. The van der Waals surface area contributed by atoms with Crippen molar-refractivity contribution in [2.24, 2.45) is 0 Å². The quantitative estimate of drug-likeness (QED) is 0.910. The van der Waals surface area contributed by atoms with E-state index in [0.717, 1.165) is 42.9 Å². The van der Waals surface area contributed by atoms with Gasteiger partial charge in [0.15, 0.2) is 0 Å². The van der Waals surface area contributed by atoms with Gasteiger partial charge in [-0.3, -0.25) is 9.69 Å². The van der Waals surface area contributed by atoms with Gasteiger partial charge < -0.3 is 5.32 Å². The third-order valence-corrected chi connectivity index (χ3v) is 4.34. The molecule has 0 spiro atoms. The Morgan fingerprint density at radius 3 is 2.25 bits per heavy atom. The molecule has 1 fully saturated rings. The second-order valence-corrected chi connectivity index (χ2v) is 6.03. The average molecular weight is 330 g/mol. The molecule has 1 aliphatic rings. The van der Waals surface area contributed by atoms with Crippen LogP contribution >= 0.6 is 0 Å². The second kappa shape index (κ2) is 7.53. The molecule has 1 N–H and O–H groups in total. The predicted octanol–water partition coefficient (Wildman–Crippen LogP) is 3.49. The number of hydrogen-bond acceptors (Lipinski definition) is 2. The molecule has 0 aliphatic carbocycles. The minimum Gasteiger partial charge on any atom is -0.348 e. The van der Waals surface area contributed by atoms with Gasteiger partial charge >= 0.3 is 0 Å². The summed E-state index contributed by atoms with van der Waals surface area (Å²) in [6, 6.07) is 11.2. The summed E-state index contributed by atoms with van der Waals surface area (Å²) in [5.41, 5.74) is 1.57. The topological polar surface area (TPSA) is 32.3 Å². The van der Waals surface area contributed by atoms with E-state index in [1.54, 1.807) is 0 Å². The van der Waals surface area contributed by atoms with E-state index >= 15 is 0 Å². The van der Waals surface area contributed by atoms with Gasteiger partial charge in [-0.05, 0) is 49.2 Å². The number of amides is 1. The van der Waals surface area contributed by atoms with E-state index in [4.69, 9.17) is 0 Å². The summed E-state index contributed by atoms with van der Waals surface area (Å²) in [5, 5.41) is 2.62. The van der Waals surface area contributed by atoms with Gasteiger partial charge in [-0.15, -0.1) is 0 Å². The zero-order valence-corrected chi connectivity index (χ0v) is 13.4. The highest BCUT2D eigenvalue weighted by Crippen LogP contribution is 2.17. The number of halogens is 2. The van der Waals surface area contributed by atoms with Crippen LogP contribution < -0.4 is 5.32 Å². The molecule has 2 aromatic carbocycles. The smallest absolute Gasteiger partial charge is 0.257 e. The average Bonchev–Trinajstić information content (AvgIpc) is 3.07. The molecule has 3 rings (SSSR count). The lowest BCUT2D eigenvalue weighted by Crippen LogP contribution is -2.26. The van der Waals surface area contributed by atoms with Crippen LogP contribution in [-0.4, -0.2) is 23.9 Å². The summed E-state index contributed by atoms with van der Waals surface area (Å²) >= 11 is 0. The van der Waals surface area contributed by atoms with Gasteiger partial charge in [0.05, 0.1) is 0 Å². The SMILES string of the molecule is O=C(NCc1ccccc1CN1CCCC1)c1c(F)cccc1F. The highest BCUT2D eigenvalue weighted by Gasteiger charge is 2.18. The molecule has 0 unspecified atom stereocenters. The van der Waals surface area contributed by atoms with Gasteiger partial charge in [0.2, 0.25) is 0 Å². The lowest BCUT2D eigenvalue weighted by Gasteiger charge is -2.17. The van der Waals surface area contributed by atoms with Gasteiger partial charge in [0.1, 0.15) is 17.2 Å². The molecular formula is C19H20F2N2O. The fourth-order valence-electron chi connectivity index (χ4n) is 3.04. The monoisotopic (exact) mass is 330 g/mol. The number of rotatable bonds is 5. The molecule has 24 heavy (non-hydrogen) atoms. The molecule has 0 bridgehead atoms. The number of hydrogen-bond donors (Lipinski definition) is 1. The van der Waals surface area contributed by atoms with Crippen molar-refractivity contribution in [2.75, 3.05) is 13.1 Å². The van der Waals surface area contributed by atoms with Crippen LogP contribution in [0.5, 0.6) is 0 Å². The number of carbonyl (C=O) groups excluding carboxylic acids is 1. The summed E-state index contributed by atoms with van der Waals surface area (Å²) in [6.45, 7) is 3.25. The van der Waals surface area contributed by atoms with Crippen LogP contribution in [0.3, 0.4) is 0 Å². The standard InChI is InChI=1S/C19H20F2N2O/c20-16-8-5-9-17(21)18(16)19(24)22-12-14-6-1-2-7-15(14)13-23-10-3-4-11-23/h1-2,5-9H,3-4,10-13H2,(H,22,24). The molecule has 1 heterocycles. The van der Waals surface area contributed by atoms with E-state index in [-0.39, 0.29) is 6.54 Å². The number of benzene rings is 2. The molecule has 0 radical (unpaired) electrons. The van der Waals surface area contributed by atoms with Crippen LogP contribution in [0.25, 0.3) is 0 Å². The van der Waals surface area contributed by atoms with Crippen molar-refractivity contribution in [3.8, 4) is 0 Å². The summed E-state index contributed by atoms with van der Waals surface area (Å²) in [5.74, 6) is -2.43. The Balaban J connectivity index is 1.69. The minimum absolute atomic E-state index is 0.247. The first-order valence-electron chi connectivity index (χ1n) is 8.16. The Bertz CT molecular complexity index is 707. The molecule has 126 valence electrons. The molecule has 1 amide bonds. The van der Waals surface area contributed by atoms with Gasteiger partial charge in [-0.25, -0.2) is 8.78 Å². The Hall–Kier alpha value is -2.27. The number of nitrogens with one attached hydrogen (secondary N) is 1. The molecule has 0 atom stereocenters. The van der Waals surface area contributed by atoms with Crippen LogP contribution in [0.15, 0.2) is 42.5 Å². The first kappa shape index (κ1) is 16.6. The normalized spacial score (nSPS) is 14.8. The zero-order chi connectivity index (χ0) is 16.9. The third kappa shape index (κ3) is 3.79. The molecule has 1 saturated heterocycles. The lowest BCUT2D eigenvalue weighted by atomic mass is 10.1. The highest BCUT2D eigenvalue weighted by molar-refractivity contribution is 5.94. The molecule has 0 saturated carbocycles. The third-order valence-electron chi connectivity index (χ3n) is 4.34. The maximum Gasteiger partial charge on any atom is 0.257 e. The van der Waals surface area contributed by atoms with Crippen LogP contribution in [0, 0.1) is 11.6 Å². The van der Waals surface area contributed by atoms with E-state index < -0.39 is 23.1 Å². The first-order chi connectivity index (χ1) is 11.6. The largest absolute Gasteiger partial charge is 0.348 e. The fourth-order valence-corrected chi connectivity index (χ4v) is 3.04. The zero-order valence-electron chi connectivity index (χ0n) is 13.4. The Morgan fingerprint density at radius 1 is 0.958 bits per heavy atom.